The van der Waals surface area contributed by atoms with Gasteiger partial charge < -0.3 is 19.5 Å². The van der Waals surface area contributed by atoms with Crippen molar-refractivity contribution in [3.63, 3.8) is 0 Å². The molecule has 0 fully saturated rings. The van der Waals surface area contributed by atoms with Crippen molar-refractivity contribution in [2.45, 2.75) is 6.42 Å². The van der Waals surface area contributed by atoms with Crippen LogP contribution in [0, 0.1) is 11.3 Å². The largest absolute Gasteiger partial charge is 0.486 e. The number of esters is 1. The molecule has 0 unspecified atom stereocenters. The summed E-state index contributed by atoms with van der Waals surface area (Å²) in [6, 6.07) is 11.6. The number of amides is 1. The molecule has 138 valence electrons. The van der Waals surface area contributed by atoms with Gasteiger partial charge >= 0.3 is 5.97 Å². The predicted octanol–water partition coefficient (Wildman–Crippen LogP) is 2.71. The van der Waals surface area contributed by atoms with Crippen molar-refractivity contribution in [3.8, 4) is 17.6 Å². The summed E-state index contributed by atoms with van der Waals surface area (Å²) in [5.41, 5.74) is 1.21. The third kappa shape index (κ3) is 4.90. The molecule has 1 aliphatic rings. The van der Waals surface area contributed by atoms with Gasteiger partial charge in [0.05, 0.1) is 17.7 Å². The second-order valence-corrected chi connectivity index (χ2v) is 6.10. The highest BCUT2D eigenvalue weighted by atomic mass is 35.5. The Balaban J connectivity index is 1.53. The van der Waals surface area contributed by atoms with Crippen LogP contribution in [0.4, 0.5) is 5.69 Å². The SMILES string of the molecule is N#Cc1ccc(Cl)cc1NC(=O)COC(=O)Cc1ccc2c(c1)OCCO2. The topological polar surface area (TPSA) is 97.7 Å². The zero-order valence-electron chi connectivity index (χ0n) is 14.2. The molecule has 0 saturated heterocycles. The number of halogens is 1. The van der Waals surface area contributed by atoms with E-state index in [1.54, 1.807) is 24.3 Å². The molecule has 1 amide bonds. The van der Waals surface area contributed by atoms with Crippen LogP contribution in [0.2, 0.25) is 5.02 Å². The normalized spacial score (nSPS) is 12.0. The van der Waals surface area contributed by atoms with Gasteiger partial charge in [-0.15, -0.1) is 0 Å². The Bertz CT molecular complexity index is 923. The first-order chi connectivity index (χ1) is 13.0. The lowest BCUT2D eigenvalue weighted by Crippen LogP contribution is -2.22. The number of nitrogens with zero attached hydrogens (tertiary/aromatic N) is 1. The fourth-order valence-electron chi connectivity index (χ4n) is 2.47. The zero-order chi connectivity index (χ0) is 19.2. The number of anilines is 1. The summed E-state index contributed by atoms with van der Waals surface area (Å²) in [5.74, 6) is 0.0829. The van der Waals surface area contributed by atoms with Crippen LogP contribution in [0.1, 0.15) is 11.1 Å². The Morgan fingerprint density at radius 3 is 2.70 bits per heavy atom. The van der Waals surface area contributed by atoms with Gasteiger partial charge in [-0.3, -0.25) is 9.59 Å². The molecule has 2 aromatic rings. The first kappa shape index (κ1) is 18.5. The zero-order valence-corrected chi connectivity index (χ0v) is 14.9. The highest BCUT2D eigenvalue weighted by Crippen LogP contribution is 2.30. The molecule has 0 bridgehead atoms. The summed E-state index contributed by atoms with van der Waals surface area (Å²) in [7, 11) is 0. The van der Waals surface area contributed by atoms with E-state index >= 15 is 0 Å². The Labute approximate surface area is 160 Å². The molecule has 1 heterocycles. The van der Waals surface area contributed by atoms with Gasteiger partial charge in [0.2, 0.25) is 0 Å². The smallest absolute Gasteiger partial charge is 0.310 e. The highest BCUT2D eigenvalue weighted by molar-refractivity contribution is 6.31. The van der Waals surface area contributed by atoms with Crippen LogP contribution in [0.15, 0.2) is 36.4 Å². The van der Waals surface area contributed by atoms with Crippen LogP contribution >= 0.6 is 11.6 Å². The van der Waals surface area contributed by atoms with Crippen LogP contribution in [0.3, 0.4) is 0 Å². The first-order valence-electron chi connectivity index (χ1n) is 8.09. The van der Waals surface area contributed by atoms with Gasteiger partial charge in [-0.1, -0.05) is 17.7 Å². The second kappa shape index (κ2) is 8.43. The van der Waals surface area contributed by atoms with Gasteiger partial charge in [0, 0.05) is 5.02 Å². The lowest BCUT2D eigenvalue weighted by atomic mass is 10.1. The fraction of sp³-hybridized carbons (Fsp3) is 0.211. The minimum absolute atomic E-state index is 0.00939. The van der Waals surface area contributed by atoms with Gasteiger partial charge in [0.15, 0.2) is 18.1 Å². The maximum Gasteiger partial charge on any atom is 0.310 e. The average Bonchev–Trinajstić information content (AvgIpc) is 2.66. The van der Waals surface area contributed by atoms with Gasteiger partial charge in [0.25, 0.3) is 5.91 Å². The van der Waals surface area contributed by atoms with E-state index in [0.717, 1.165) is 0 Å². The van der Waals surface area contributed by atoms with Crippen molar-refractivity contribution < 1.29 is 23.8 Å². The first-order valence-corrected chi connectivity index (χ1v) is 8.46. The summed E-state index contributed by atoms with van der Waals surface area (Å²) in [4.78, 5) is 23.9. The molecule has 0 spiro atoms. The van der Waals surface area contributed by atoms with Gasteiger partial charge in [-0.2, -0.15) is 5.26 Å². The number of ether oxygens (including phenoxy) is 3. The molecule has 0 saturated carbocycles. The van der Waals surface area contributed by atoms with Crippen molar-refractivity contribution in [2.75, 3.05) is 25.1 Å². The Kier molecular flexibility index (Phi) is 5.79. The molecular formula is C19H15ClN2O5. The van der Waals surface area contributed by atoms with Crippen LogP contribution in [-0.2, 0) is 20.7 Å². The summed E-state index contributed by atoms with van der Waals surface area (Å²) < 4.78 is 15.9. The molecule has 0 atom stereocenters. The minimum Gasteiger partial charge on any atom is -0.486 e. The van der Waals surface area contributed by atoms with Crippen molar-refractivity contribution in [1.29, 1.82) is 5.26 Å². The number of carbonyl (C=O) groups excluding carboxylic acids is 2. The van der Waals surface area contributed by atoms with Crippen molar-refractivity contribution in [3.05, 3.63) is 52.5 Å². The van der Waals surface area contributed by atoms with E-state index in [4.69, 9.17) is 31.1 Å². The molecule has 1 N–H and O–H groups in total. The minimum atomic E-state index is -0.565. The number of carbonyl (C=O) groups is 2. The highest BCUT2D eigenvalue weighted by Gasteiger charge is 2.15. The molecule has 27 heavy (non-hydrogen) atoms. The lowest BCUT2D eigenvalue weighted by molar-refractivity contribution is -0.146. The van der Waals surface area contributed by atoms with E-state index in [1.807, 2.05) is 6.07 Å². The molecule has 7 nitrogen and oxygen atoms in total. The van der Waals surface area contributed by atoms with E-state index < -0.39 is 18.5 Å². The van der Waals surface area contributed by atoms with Crippen LogP contribution in [0.5, 0.6) is 11.5 Å². The Hall–Kier alpha value is -3.24. The Morgan fingerprint density at radius 2 is 1.93 bits per heavy atom. The third-order valence-electron chi connectivity index (χ3n) is 3.70. The quantitative estimate of drug-likeness (QED) is 0.793. The van der Waals surface area contributed by atoms with E-state index in [0.29, 0.717) is 35.3 Å². The number of hydrogen-bond donors (Lipinski definition) is 1. The standard InChI is InChI=1S/C19H15ClN2O5/c20-14-3-2-13(10-21)15(9-14)22-18(23)11-27-19(24)8-12-1-4-16-17(7-12)26-6-5-25-16/h1-4,7,9H,5-6,8,11H2,(H,22,23). The number of rotatable bonds is 5. The maximum absolute atomic E-state index is 12.0. The number of hydrogen-bond acceptors (Lipinski definition) is 6. The van der Waals surface area contributed by atoms with Crippen molar-refractivity contribution >= 4 is 29.2 Å². The predicted molar refractivity (Wildman–Crippen MR) is 96.9 cm³/mol. The van der Waals surface area contributed by atoms with E-state index in [1.165, 1.54) is 12.1 Å². The van der Waals surface area contributed by atoms with E-state index in [2.05, 4.69) is 5.32 Å². The summed E-state index contributed by atoms with van der Waals surface area (Å²) in [6.07, 6.45) is -0.00939. The van der Waals surface area contributed by atoms with Gasteiger partial charge in [-0.05, 0) is 35.9 Å². The van der Waals surface area contributed by atoms with Crippen LogP contribution in [0.25, 0.3) is 0 Å². The maximum atomic E-state index is 12.0. The average molecular weight is 387 g/mol. The second-order valence-electron chi connectivity index (χ2n) is 5.67. The van der Waals surface area contributed by atoms with E-state index in [9.17, 15) is 9.59 Å². The molecule has 1 aliphatic heterocycles. The number of nitrogens with one attached hydrogen (secondary N) is 1. The molecule has 8 heteroatoms. The number of fused-ring (bicyclic) bond motifs is 1. The number of benzene rings is 2. The summed E-state index contributed by atoms with van der Waals surface area (Å²) in [5, 5.41) is 11.9. The van der Waals surface area contributed by atoms with Crippen LogP contribution < -0.4 is 14.8 Å². The van der Waals surface area contributed by atoms with E-state index in [-0.39, 0.29) is 17.7 Å². The fourth-order valence-corrected chi connectivity index (χ4v) is 2.64. The monoisotopic (exact) mass is 386 g/mol. The summed E-state index contributed by atoms with van der Waals surface area (Å²) >= 11 is 5.86. The van der Waals surface area contributed by atoms with Gasteiger partial charge in [-0.25, -0.2) is 0 Å². The van der Waals surface area contributed by atoms with Crippen molar-refractivity contribution in [1.82, 2.24) is 0 Å². The van der Waals surface area contributed by atoms with Crippen LogP contribution in [-0.4, -0.2) is 31.7 Å². The van der Waals surface area contributed by atoms with Crippen molar-refractivity contribution in [2.24, 2.45) is 0 Å². The molecule has 0 aromatic heterocycles. The summed E-state index contributed by atoms with van der Waals surface area (Å²) in [6.45, 7) is 0.472. The molecule has 0 aliphatic carbocycles. The third-order valence-corrected chi connectivity index (χ3v) is 3.93. The molecular weight excluding hydrogens is 372 g/mol. The molecule has 3 rings (SSSR count). The Morgan fingerprint density at radius 1 is 1.15 bits per heavy atom. The molecule has 0 radical (unpaired) electrons. The van der Waals surface area contributed by atoms with Gasteiger partial charge in [0.1, 0.15) is 19.3 Å². The lowest BCUT2D eigenvalue weighted by Gasteiger charge is -2.18. The molecule has 2 aromatic carbocycles. The number of nitriles is 1.